The fourth-order valence-corrected chi connectivity index (χ4v) is 3.25. The molecule has 0 fully saturated rings. The van der Waals surface area contributed by atoms with Crippen LogP contribution >= 0.6 is 0 Å². The average Bonchev–Trinajstić information content (AvgIpc) is 2.86. The zero-order chi connectivity index (χ0) is 17.1. The lowest BCUT2D eigenvalue weighted by atomic mass is 9.97. The van der Waals surface area contributed by atoms with E-state index in [1.807, 2.05) is 31.2 Å². The molecule has 0 unspecified atom stereocenters. The molecule has 0 saturated carbocycles. The first kappa shape index (κ1) is 16.5. The molecule has 3 nitrogen and oxygen atoms in total. The molecule has 1 heterocycles. The van der Waals surface area contributed by atoms with Crippen LogP contribution in [-0.2, 0) is 19.4 Å². The second kappa shape index (κ2) is 7.02. The number of aliphatic hydroxyl groups excluding tert-OH is 1. The van der Waals surface area contributed by atoms with Crippen LogP contribution in [0.4, 0.5) is 0 Å². The van der Waals surface area contributed by atoms with E-state index in [1.165, 1.54) is 16.7 Å². The van der Waals surface area contributed by atoms with Gasteiger partial charge in [0, 0.05) is 6.42 Å². The van der Waals surface area contributed by atoms with Gasteiger partial charge in [-0.1, -0.05) is 42.0 Å². The number of nitrogens with zero attached hydrogens (tertiary/aromatic N) is 2. The largest absolute Gasteiger partial charge is 0.391 e. The molecule has 3 aromatic rings. The SMILES string of the molecule is C=CCc1cc(C)ccc1C[C@@H](O)Cn1c(C)nc2ccccc21. The molecule has 124 valence electrons. The van der Waals surface area contributed by atoms with E-state index in [0.717, 1.165) is 23.3 Å². The molecule has 3 rings (SSSR count). The highest BCUT2D eigenvalue weighted by Gasteiger charge is 2.13. The lowest BCUT2D eigenvalue weighted by Gasteiger charge is -2.16. The van der Waals surface area contributed by atoms with Crippen molar-refractivity contribution >= 4 is 11.0 Å². The van der Waals surface area contributed by atoms with Gasteiger partial charge in [-0.15, -0.1) is 6.58 Å². The van der Waals surface area contributed by atoms with Crippen LogP contribution in [0.25, 0.3) is 11.0 Å². The number of allylic oxidation sites excluding steroid dienone is 1. The number of aromatic nitrogens is 2. The van der Waals surface area contributed by atoms with E-state index in [1.54, 1.807) is 0 Å². The minimum Gasteiger partial charge on any atom is -0.391 e. The van der Waals surface area contributed by atoms with E-state index < -0.39 is 6.10 Å². The highest BCUT2D eigenvalue weighted by molar-refractivity contribution is 5.75. The summed E-state index contributed by atoms with van der Waals surface area (Å²) in [5.41, 5.74) is 5.72. The van der Waals surface area contributed by atoms with E-state index in [2.05, 4.69) is 47.3 Å². The summed E-state index contributed by atoms with van der Waals surface area (Å²) < 4.78 is 2.10. The number of hydrogen-bond acceptors (Lipinski definition) is 2. The first-order valence-corrected chi connectivity index (χ1v) is 8.37. The van der Waals surface area contributed by atoms with Gasteiger partial charge in [0.25, 0.3) is 0 Å². The molecule has 2 aromatic carbocycles. The Bertz CT molecular complexity index is 863. The van der Waals surface area contributed by atoms with Gasteiger partial charge in [0.15, 0.2) is 0 Å². The van der Waals surface area contributed by atoms with Gasteiger partial charge >= 0.3 is 0 Å². The van der Waals surface area contributed by atoms with Crippen LogP contribution in [0.5, 0.6) is 0 Å². The predicted molar refractivity (Wildman–Crippen MR) is 99.3 cm³/mol. The van der Waals surface area contributed by atoms with Crippen molar-refractivity contribution in [3.8, 4) is 0 Å². The summed E-state index contributed by atoms with van der Waals surface area (Å²) in [5.74, 6) is 0.936. The highest BCUT2D eigenvalue weighted by Crippen LogP contribution is 2.19. The summed E-state index contributed by atoms with van der Waals surface area (Å²) in [7, 11) is 0. The van der Waals surface area contributed by atoms with E-state index in [4.69, 9.17) is 0 Å². The summed E-state index contributed by atoms with van der Waals surface area (Å²) in [6.45, 7) is 8.47. The minimum absolute atomic E-state index is 0.451. The van der Waals surface area contributed by atoms with Crippen LogP contribution in [-0.4, -0.2) is 20.8 Å². The molecule has 1 N–H and O–H groups in total. The van der Waals surface area contributed by atoms with E-state index in [9.17, 15) is 5.11 Å². The maximum Gasteiger partial charge on any atom is 0.106 e. The normalized spacial score (nSPS) is 12.5. The van der Waals surface area contributed by atoms with Gasteiger partial charge in [0.1, 0.15) is 5.82 Å². The summed E-state index contributed by atoms with van der Waals surface area (Å²) in [4.78, 5) is 4.57. The monoisotopic (exact) mass is 320 g/mol. The number of aryl methyl sites for hydroxylation is 2. The number of fused-ring (bicyclic) bond motifs is 1. The number of aliphatic hydroxyl groups is 1. The van der Waals surface area contributed by atoms with Gasteiger partial charge < -0.3 is 9.67 Å². The average molecular weight is 320 g/mol. The Kier molecular flexibility index (Phi) is 4.81. The molecule has 0 saturated heterocycles. The van der Waals surface area contributed by atoms with Crippen LogP contribution in [0.15, 0.2) is 55.1 Å². The van der Waals surface area contributed by atoms with E-state index in [0.29, 0.717) is 13.0 Å². The summed E-state index contributed by atoms with van der Waals surface area (Å²) in [6, 6.07) is 14.5. The molecule has 0 aliphatic rings. The third kappa shape index (κ3) is 3.41. The Balaban J connectivity index is 1.82. The number of imidazole rings is 1. The molecule has 0 spiro atoms. The van der Waals surface area contributed by atoms with Crippen molar-refractivity contribution in [2.24, 2.45) is 0 Å². The Morgan fingerprint density at radius 3 is 2.75 bits per heavy atom. The van der Waals surface area contributed by atoms with Crippen LogP contribution in [0.1, 0.15) is 22.5 Å². The fraction of sp³-hybridized carbons (Fsp3) is 0.286. The number of rotatable bonds is 6. The molecule has 3 heteroatoms. The summed E-state index contributed by atoms with van der Waals surface area (Å²) >= 11 is 0. The van der Waals surface area contributed by atoms with Crippen molar-refractivity contribution in [2.45, 2.75) is 39.3 Å². The fourth-order valence-electron chi connectivity index (χ4n) is 3.25. The van der Waals surface area contributed by atoms with Crippen LogP contribution in [0.2, 0.25) is 0 Å². The smallest absolute Gasteiger partial charge is 0.106 e. The zero-order valence-corrected chi connectivity index (χ0v) is 14.4. The third-order valence-corrected chi connectivity index (χ3v) is 4.42. The van der Waals surface area contributed by atoms with Crippen molar-refractivity contribution in [1.29, 1.82) is 0 Å². The first-order chi connectivity index (χ1) is 11.6. The van der Waals surface area contributed by atoms with Crippen molar-refractivity contribution in [3.05, 3.63) is 77.6 Å². The zero-order valence-electron chi connectivity index (χ0n) is 14.4. The summed E-state index contributed by atoms with van der Waals surface area (Å²) in [6.07, 6.45) is 2.93. The summed E-state index contributed by atoms with van der Waals surface area (Å²) in [5, 5.41) is 10.6. The molecule has 0 aliphatic carbocycles. The minimum atomic E-state index is -0.451. The lowest BCUT2D eigenvalue weighted by Crippen LogP contribution is -2.20. The molecule has 1 atom stereocenters. The van der Waals surface area contributed by atoms with Gasteiger partial charge in [-0.2, -0.15) is 0 Å². The maximum atomic E-state index is 10.6. The molecule has 1 aromatic heterocycles. The Hall–Kier alpha value is -2.39. The molecule has 24 heavy (non-hydrogen) atoms. The van der Waals surface area contributed by atoms with Crippen LogP contribution < -0.4 is 0 Å². The maximum absolute atomic E-state index is 10.6. The number of para-hydroxylation sites is 2. The second-order valence-corrected chi connectivity index (χ2v) is 6.38. The molecular formula is C21H24N2O. The van der Waals surface area contributed by atoms with Crippen molar-refractivity contribution in [3.63, 3.8) is 0 Å². The van der Waals surface area contributed by atoms with Gasteiger partial charge in [0.05, 0.1) is 23.7 Å². The van der Waals surface area contributed by atoms with Gasteiger partial charge in [-0.05, 0) is 43.5 Å². The number of hydrogen-bond donors (Lipinski definition) is 1. The highest BCUT2D eigenvalue weighted by atomic mass is 16.3. The molecule has 0 amide bonds. The first-order valence-electron chi connectivity index (χ1n) is 8.37. The van der Waals surface area contributed by atoms with E-state index in [-0.39, 0.29) is 0 Å². The second-order valence-electron chi connectivity index (χ2n) is 6.38. The topological polar surface area (TPSA) is 38.0 Å². The van der Waals surface area contributed by atoms with Gasteiger partial charge in [-0.25, -0.2) is 4.98 Å². The van der Waals surface area contributed by atoms with Crippen molar-refractivity contribution < 1.29 is 5.11 Å². The third-order valence-electron chi connectivity index (χ3n) is 4.42. The Labute approximate surface area is 143 Å². The van der Waals surface area contributed by atoms with E-state index >= 15 is 0 Å². The van der Waals surface area contributed by atoms with Gasteiger partial charge in [-0.3, -0.25) is 0 Å². The van der Waals surface area contributed by atoms with Crippen molar-refractivity contribution in [2.75, 3.05) is 0 Å². The predicted octanol–water partition coefficient (Wildman–Crippen LogP) is 3.99. The molecular weight excluding hydrogens is 296 g/mol. The molecule has 0 radical (unpaired) electrons. The quantitative estimate of drug-likeness (QED) is 0.698. The van der Waals surface area contributed by atoms with Crippen LogP contribution in [0, 0.1) is 13.8 Å². The molecule has 0 aliphatic heterocycles. The van der Waals surface area contributed by atoms with Crippen molar-refractivity contribution in [1.82, 2.24) is 9.55 Å². The molecule has 0 bridgehead atoms. The van der Waals surface area contributed by atoms with Gasteiger partial charge in [0.2, 0.25) is 0 Å². The Morgan fingerprint density at radius 1 is 1.17 bits per heavy atom. The van der Waals surface area contributed by atoms with Crippen LogP contribution in [0.3, 0.4) is 0 Å². The standard InChI is InChI=1S/C21H24N2O/c1-4-7-17-12-15(2)10-11-18(17)13-19(24)14-23-16(3)22-20-8-5-6-9-21(20)23/h4-6,8-12,19,24H,1,7,13-14H2,2-3H3/t19-/m1/s1. The lowest BCUT2D eigenvalue weighted by molar-refractivity contribution is 0.154. The Morgan fingerprint density at radius 2 is 1.96 bits per heavy atom. The number of benzene rings is 2.